The van der Waals surface area contributed by atoms with Crippen LogP contribution in [-0.4, -0.2) is 16.0 Å². The van der Waals surface area contributed by atoms with Crippen LogP contribution in [0.3, 0.4) is 0 Å². The van der Waals surface area contributed by atoms with Crippen molar-refractivity contribution in [2.45, 2.75) is 16.7 Å². The Labute approximate surface area is 210 Å². The Balaban J connectivity index is 1.51. The topological polar surface area (TPSA) is 46.2 Å². The SMILES string of the molecule is O=C(Cc1ccccc1)c1cc(NC(=O)C2C(c3cc(Cl)cc(Cl)c3)C2(Cl)Cl)ccc1Cl. The normalized spacial score (nSPS) is 18.8. The third-order valence-corrected chi connectivity index (χ3v) is 7.03. The van der Waals surface area contributed by atoms with Crippen molar-refractivity contribution in [1.82, 2.24) is 0 Å². The first kappa shape index (κ1) is 23.4. The molecule has 2 atom stereocenters. The minimum absolute atomic E-state index is 0.154. The van der Waals surface area contributed by atoms with Crippen LogP contribution in [0, 0.1) is 5.92 Å². The molecule has 1 fully saturated rings. The largest absolute Gasteiger partial charge is 0.326 e. The Morgan fingerprint density at radius 3 is 2.19 bits per heavy atom. The summed E-state index contributed by atoms with van der Waals surface area (Å²) in [7, 11) is 0. The van der Waals surface area contributed by atoms with Gasteiger partial charge >= 0.3 is 0 Å². The Hall–Kier alpha value is -1.75. The Kier molecular flexibility index (Phi) is 6.76. The van der Waals surface area contributed by atoms with Crippen molar-refractivity contribution < 1.29 is 9.59 Å². The summed E-state index contributed by atoms with van der Waals surface area (Å²) >= 11 is 31.2. The molecule has 0 aromatic heterocycles. The van der Waals surface area contributed by atoms with Gasteiger partial charge in [-0.1, -0.05) is 65.1 Å². The Morgan fingerprint density at radius 1 is 0.875 bits per heavy atom. The summed E-state index contributed by atoms with van der Waals surface area (Å²) in [5.74, 6) is -1.70. The molecular weight excluding hydrogens is 512 g/mol. The minimum Gasteiger partial charge on any atom is -0.326 e. The number of anilines is 1. The van der Waals surface area contributed by atoms with E-state index in [9.17, 15) is 9.59 Å². The summed E-state index contributed by atoms with van der Waals surface area (Å²) in [6, 6.07) is 19.1. The second-order valence-corrected chi connectivity index (χ2v) is 10.3. The van der Waals surface area contributed by atoms with Crippen molar-refractivity contribution in [3.63, 3.8) is 0 Å². The quantitative estimate of drug-likeness (QED) is 0.265. The zero-order chi connectivity index (χ0) is 23.0. The minimum atomic E-state index is -1.30. The van der Waals surface area contributed by atoms with Crippen LogP contribution in [0.15, 0.2) is 66.7 Å². The molecule has 164 valence electrons. The van der Waals surface area contributed by atoms with Gasteiger partial charge in [0.2, 0.25) is 5.91 Å². The van der Waals surface area contributed by atoms with Gasteiger partial charge in [0.05, 0.1) is 10.9 Å². The molecule has 32 heavy (non-hydrogen) atoms. The van der Waals surface area contributed by atoms with Gasteiger partial charge in [0.1, 0.15) is 4.33 Å². The van der Waals surface area contributed by atoms with Gasteiger partial charge in [0.25, 0.3) is 0 Å². The van der Waals surface area contributed by atoms with Gasteiger partial charge in [0, 0.05) is 33.6 Å². The molecule has 0 radical (unpaired) electrons. The summed E-state index contributed by atoms with van der Waals surface area (Å²) in [6.07, 6.45) is 0.199. The van der Waals surface area contributed by atoms with E-state index in [1.54, 1.807) is 36.4 Å². The number of nitrogens with one attached hydrogen (secondary N) is 1. The number of halogens is 5. The van der Waals surface area contributed by atoms with Crippen LogP contribution in [0.4, 0.5) is 5.69 Å². The van der Waals surface area contributed by atoms with Crippen molar-refractivity contribution in [2.75, 3.05) is 5.32 Å². The molecule has 0 bridgehead atoms. The van der Waals surface area contributed by atoms with Crippen molar-refractivity contribution in [1.29, 1.82) is 0 Å². The van der Waals surface area contributed by atoms with E-state index in [2.05, 4.69) is 5.32 Å². The zero-order valence-corrected chi connectivity index (χ0v) is 20.2. The van der Waals surface area contributed by atoms with E-state index in [0.717, 1.165) is 5.56 Å². The number of ketones is 1. The third-order valence-electron chi connectivity index (χ3n) is 5.32. The van der Waals surface area contributed by atoms with E-state index in [-0.39, 0.29) is 18.1 Å². The standard InChI is InChI=1S/C24H16Cl5NO2/c25-15-9-14(10-16(26)11-15)21-22(24(21,28)29)23(32)30-17-6-7-19(27)18(12-17)20(31)8-13-4-2-1-3-5-13/h1-7,9-12,21-22H,8H2,(H,30,32). The lowest BCUT2D eigenvalue weighted by Gasteiger charge is -2.09. The lowest BCUT2D eigenvalue weighted by molar-refractivity contribution is -0.117. The van der Waals surface area contributed by atoms with E-state index in [4.69, 9.17) is 58.0 Å². The van der Waals surface area contributed by atoms with Crippen molar-refractivity contribution in [2.24, 2.45) is 5.92 Å². The fourth-order valence-electron chi connectivity index (χ4n) is 3.74. The Morgan fingerprint density at radius 2 is 1.53 bits per heavy atom. The third kappa shape index (κ3) is 4.93. The first-order valence-corrected chi connectivity index (χ1v) is 11.6. The maximum atomic E-state index is 12.9. The van der Waals surface area contributed by atoms with Crippen molar-refractivity contribution >= 4 is 75.4 Å². The molecule has 0 aliphatic heterocycles. The molecule has 1 amide bonds. The van der Waals surface area contributed by atoms with Crippen LogP contribution in [0.25, 0.3) is 0 Å². The number of rotatable bonds is 6. The van der Waals surface area contributed by atoms with Gasteiger partial charge in [-0.25, -0.2) is 0 Å². The maximum Gasteiger partial charge on any atom is 0.231 e. The average molecular weight is 528 g/mol. The van der Waals surface area contributed by atoms with Gasteiger partial charge in [-0.05, 0) is 47.5 Å². The number of carbonyl (C=O) groups excluding carboxylic acids is 2. The number of alkyl halides is 2. The number of hydrogen-bond acceptors (Lipinski definition) is 2. The summed E-state index contributed by atoms with van der Waals surface area (Å²) in [5, 5.41) is 3.97. The van der Waals surface area contributed by atoms with Crippen LogP contribution in [0.1, 0.15) is 27.4 Å². The number of carbonyl (C=O) groups is 2. The highest BCUT2D eigenvalue weighted by atomic mass is 35.5. The van der Waals surface area contributed by atoms with Gasteiger partial charge < -0.3 is 5.32 Å². The molecule has 2 unspecified atom stereocenters. The molecule has 0 saturated heterocycles. The first-order valence-electron chi connectivity index (χ1n) is 9.68. The average Bonchev–Trinajstić information content (AvgIpc) is 3.31. The van der Waals surface area contributed by atoms with Crippen molar-refractivity contribution in [3.8, 4) is 0 Å². The molecule has 1 aliphatic carbocycles. The van der Waals surface area contributed by atoms with Gasteiger partial charge in [-0.2, -0.15) is 0 Å². The predicted molar refractivity (Wildman–Crippen MR) is 132 cm³/mol. The molecule has 1 N–H and O–H groups in total. The van der Waals surface area contributed by atoms with E-state index in [1.807, 2.05) is 30.3 Å². The lowest BCUT2D eigenvalue weighted by Crippen LogP contribution is -2.17. The molecule has 3 nitrogen and oxygen atoms in total. The van der Waals surface area contributed by atoms with Crippen LogP contribution in [0.5, 0.6) is 0 Å². The van der Waals surface area contributed by atoms with Crippen LogP contribution in [0.2, 0.25) is 15.1 Å². The van der Waals surface area contributed by atoms with Gasteiger partial charge in [0.15, 0.2) is 5.78 Å². The molecule has 4 rings (SSSR count). The van der Waals surface area contributed by atoms with Crippen molar-refractivity contribution in [3.05, 3.63) is 98.5 Å². The number of amides is 1. The number of hydrogen-bond donors (Lipinski definition) is 1. The molecule has 1 aliphatic rings. The monoisotopic (exact) mass is 525 g/mol. The van der Waals surface area contributed by atoms with E-state index in [1.165, 1.54) is 0 Å². The number of benzene rings is 3. The summed E-state index contributed by atoms with van der Waals surface area (Å²) in [6.45, 7) is 0. The zero-order valence-electron chi connectivity index (χ0n) is 16.4. The molecule has 0 spiro atoms. The highest BCUT2D eigenvalue weighted by Gasteiger charge is 2.67. The highest BCUT2D eigenvalue weighted by molar-refractivity contribution is 6.53. The summed E-state index contributed by atoms with van der Waals surface area (Å²) in [4.78, 5) is 25.7. The lowest BCUT2D eigenvalue weighted by atomic mass is 10.0. The molecule has 1 saturated carbocycles. The smallest absolute Gasteiger partial charge is 0.231 e. The second-order valence-electron chi connectivity index (χ2n) is 7.60. The van der Waals surface area contributed by atoms with E-state index in [0.29, 0.717) is 31.9 Å². The first-order chi connectivity index (χ1) is 15.2. The second kappa shape index (κ2) is 9.24. The molecule has 3 aromatic carbocycles. The fraction of sp³-hybridized carbons (Fsp3) is 0.167. The fourth-order valence-corrected chi connectivity index (χ4v) is 5.33. The summed E-state index contributed by atoms with van der Waals surface area (Å²) in [5.41, 5.74) is 2.31. The maximum absolute atomic E-state index is 12.9. The highest BCUT2D eigenvalue weighted by Crippen LogP contribution is 2.65. The van der Waals surface area contributed by atoms with E-state index >= 15 is 0 Å². The Bertz CT molecular complexity index is 1180. The summed E-state index contributed by atoms with van der Waals surface area (Å²) < 4.78 is -1.30. The van der Waals surface area contributed by atoms with Crippen LogP contribution < -0.4 is 5.32 Å². The van der Waals surface area contributed by atoms with Gasteiger partial charge in [-0.3, -0.25) is 9.59 Å². The molecule has 0 heterocycles. The molecule has 8 heteroatoms. The molecule has 3 aromatic rings. The number of Topliss-reactive ketones (excluding diaryl/α,β-unsaturated/α-hetero) is 1. The van der Waals surface area contributed by atoms with Crippen LogP contribution in [-0.2, 0) is 11.2 Å². The predicted octanol–water partition coefficient (Wildman–Crippen LogP) is 7.60. The van der Waals surface area contributed by atoms with Gasteiger partial charge in [-0.15, -0.1) is 23.2 Å². The molecular formula is C24H16Cl5NO2. The van der Waals surface area contributed by atoms with Crippen LogP contribution >= 0.6 is 58.0 Å². The van der Waals surface area contributed by atoms with E-state index < -0.39 is 16.2 Å².